The van der Waals surface area contributed by atoms with Crippen LogP contribution >= 0.6 is 0 Å². The van der Waals surface area contributed by atoms with Gasteiger partial charge in [-0.05, 0) is 112 Å². The average molecular weight is 762 g/mol. The van der Waals surface area contributed by atoms with E-state index in [1.165, 1.54) is 54.0 Å². The fourth-order valence-electron chi connectivity index (χ4n) is 8.84. The minimum absolute atomic E-state index is 0.593. The maximum Gasteiger partial charge on any atom is 0.160 e. The molecule has 0 radical (unpaired) electrons. The van der Waals surface area contributed by atoms with Crippen molar-refractivity contribution < 1.29 is 0 Å². The van der Waals surface area contributed by atoms with Crippen LogP contribution in [0.5, 0.6) is 0 Å². The van der Waals surface area contributed by atoms with Crippen molar-refractivity contribution in [2.75, 3.05) is 0 Å². The van der Waals surface area contributed by atoms with Crippen molar-refractivity contribution in [1.82, 2.24) is 9.97 Å². The maximum absolute atomic E-state index is 9.57. The van der Waals surface area contributed by atoms with Crippen LogP contribution in [0.1, 0.15) is 5.56 Å². The van der Waals surface area contributed by atoms with Crippen LogP contribution < -0.4 is 0 Å². The second-order valence-electron chi connectivity index (χ2n) is 15.2. The van der Waals surface area contributed by atoms with Crippen LogP contribution in [0, 0.1) is 11.3 Å². The van der Waals surface area contributed by atoms with E-state index in [1.54, 1.807) is 0 Å². The SMILES string of the molecule is N#Cc1ccc(-c2nc(-c3ccc(-c4cccc5ccccc45)cc3)cc(-c3ccc4c5ccccc5c5ccccc5c5ccccc5c5ccccc5c4c3)n2)cc1. The molecule has 1 heterocycles. The molecule has 3 nitrogen and oxygen atoms in total. The van der Waals surface area contributed by atoms with Crippen molar-refractivity contribution in [1.29, 1.82) is 5.26 Å². The zero-order chi connectivity index (χ0) is 40.0. The number of rotatable bonds is 4. The first-order chi connectivity index (χ1) is 29.7. The van der Waals surface area contributed by atoms with Gasteiger partial charge in [0.05, 0.1) is 23.0 Å². The predicted molar refractivity (Wildman–Crippen MR) is 251 cm³/mol. The lowest BCUT2D eigenvalue weighted by molar-refractivity contribution is 1.18. The number of hydrogen-bond acceptors (Lipinski definition) is 3. The molecule has 11 aromatic rings. The summed E-state index contributed by atoms with van der Waals surface area (Å²) < 4.78 is 0. The third-order valence-electron chi connectivity index (χ3n) is 11.8. The highest BCUT2D eigenvalue weighted by molar-refractivity contribution is 6.26. The molecule has 11 rings (SSSR count). The highest BCUT2D eigenvalue weighted by Crippen LogP contribution is 2.38. The van der Waals surface area contributed by atoms with E-state index < -0.39 is 0 Å². The molecule has 0 unspecified atom stereocenters. The first-order valence-electron chi connectivity index (χ1n) is 20.2. The Balaban J connectivity index is 1.17. The highest BCUT2D eigenvalue weighted by Gasteiger charge is 2.14. The van der Waals surface area contributed by atoms with Gasteiger partial charge >= 0.3 is 0 Å². The number of fused-ring (bicyclic) bond motifs is 11. The molecular formula is C57H35N3. The van der Waals surface area contributed by atoms with Gasteiger partial charge in [0.25, 0.3) is 0 Å². The van der Waals surface area contributed by atoms with Gasteiger partial charge in [0.1, 0.15) is 0 Å². The predicted octanol–water partition coefficient (Wildman–Crippen LogP) is 15.1. The lowest BCUT2D eigenvalue weighted by atomic mass is 9.93. The van der Waals surface area contributed by atoms with Crippen LogP contribution in [-0.4, -0.2) is 9.97 Å². The summed E-state index contributed by atoms with van der Waals surface area (Å²) in [5.41, 5.74) is 7.39. The lowest BCUT2D eigenvalue weighted by Gasteiger charge is -2.13. The second kappa shape index (κ2) is 14.6. The Labute approximate surface area is 347 Å². The van der Waals surface area contributed by atoms with E-state index in [9.17, 15) is 5.26 Å². The third kappa shape index (κ3) is 6.07. The third-order valence-corrected chi connectivity index (χ3v) is 11.8. The zero-order valence-electron chi connectivity index (χ0n) is 32.5. The van der Waals surface area contributed by atoms with E-state index in [1.807, 2.05) is 24.3 Å². The van der Waals surface area contributed by atoms with E-state index in [2.05, 4.69) is 194 Å². The molecule has 278 valence electrons. The molecule has 0 amide bonds. The molecule has 0 spiro atoms. The van der Waals surface area contributed by atoms with E-state index in [0.717, 1.165) is 49.8 Å². The van der Waals surface area contributed by atoms with Crippen LogP contribution in [0.3, 0.4) is 0 Å². The minimum Gasteiger partial charge on any atom is -0.228 e. The van der Waals surface area contributed by atoms with Crippen molar-refractivity contribution >= 4 is 64.6 Å². The van der Waals surface area contributed by atoms with E-state index in [4.69, 9.17) is 9.97 Å². The Morgan fingerprint density at radius 1 is 0.300 bits per heavy atom. The molecule has 0 saturated carbocycles. The van der Waals surface area contributed by atoms with Crippen LogP contribution in [0.2, 0.25) is 0 Å². The number of hydrogen-bond donors (Lipinski definition) is 0. The number of nitrogens with zero attached hydrogens (tertiary/aromatic N) is 3. The number of nitriles is 1. The maximum atomic E-state index is 9.57. The standard InChI is InChI=1S/C57H35N3/c58-36-37-24-26-41(27-25-37)57-59-55(40-30-28-39(29-31-40)44-23-11-13-38-12-1-2-14-43(38)44)35-56(60-57)42-32-33-53-51-21-8-7-19-49(51)47-17-4-3-15-45(47)46-16-5-6-18-48(46)50-20-9-10-22-52(50)54(53)34-42/h1-35H. The van der Waals surface area contributed by atoms with E-state index in [-0.39, 0.29) is 0 Å². The highest BCUT2D eigenvalue weighted by atomic mass is 14.9. The Bertz CT molecular complexity index is 3520. The van der Waals surface area contributed by atoms with Gasteiger partial charge in [-0.15, -0.1) is 0 Å². The normalized spacial score (nSPS) is 11.3. The average Bonchev–Trinajstić information content (AvgIpc) is 3.33. The van der Waals surface area contributed by atoms with Crippen molar-refractivity contribution in [3.63, 3.8) is 0 Å². The Kier molecular flexibility index (Phi) is 8.54. The largest absolute Gasteiger partial charge is 0.228 e. The van der Waals surface area contributed by atoms with Gasteiger partial charge in [-0.3, -0.25) is 0 Å². The molecule has 3 heteroatoms. The van der Waals surface area contributed by atoms with Gasteiger partial charge in [-0.2, -0.15) is 5.26 Å². The molecule has 60 heavy (non-hydrogen) atoms. The topological polar surface area (TPSA) is 49.6 Å². The Hall–Kier alpha value is -8.19. The van der Waals surface area contributed by atoms with Gasteiger partial charge in [-0.1, -0.05) is 176 Å². The molecule has 0 saturated heterocycles. The quantitative estimate of drug-likeness (QED) is 0.179. The summed E-state index contributed by atoms with van der Waals surface area (Å²) in [4.78, 5) is 10.4. The second-order valence-corrected chi connectivity index (χ2v) is 15.2. The van der Waals surface area contributed by atoms with Crippen molar-refractivity contribution in [2.45, 2.75) is 0 Å². The Morgan fingerprint density at radius 2 is 0.700 bits per heavy atom. The molecule has 0 aliphatic carbocycles. The van der Waals surface area contributed by atoms with Gasteiger partial charge in [-0.25, -0.2) is 9.97 Å². The number of aromatic nitrogens is 2. The summed E-state index contributed by atoms with van der Waals surface area (Å²) in [6.07, 6.45) is 0. The van der Waals surface area contributed by atoms with Gasteiger partial charge in [0.2, 0.25) is 0 Å². The van der Waals surface area contributed by atoms with Gasteiger partial charge in [0, 0.05) is 16.7 Å². The fraction of sp³-hybridized carbons (Fsp3) is 0. The van der Waals surface area contributed by atoms with Crippen LogP contribution in [0.15, 0.2) is 212 Å². The summed E-state index contributed by atoms with van der Waals surface area (Å²) in [5, 5.41) is 23.8. The van der Waals surface area contributed by atoms with Crippen LogP contribution in [-0.2, 0) is 0 Å². The zero-order valence-corrected chi connectivity index (χ0v) is 32.5. The fourth-order valence-corrected chi connectivity index (χ4v) is 8.84. The van der Waals surface area contributed by atoms with Crippen molar-refractivity contribution in [2.24, 2.45) is 0 Å². The summed E-state index contributed by atoms with van der Waals surface area (Å²) in [7, 11) is 0. The van der Waals surface area contributed by atoms with Gasteiger partial charge < -0.3 is 0 Å². The molecule has 10 aromatic carbocycles. The summed E-state index contributed by atoms with van der Waals surface area (Å²) in [5.74, 6) is 0.599. The first kappa shape index (κ1) is 35.0. The molecule has 1 aromatic heterocycles. The van der Waals surface area contributed by atoms with E-state index in [0.29, 0.717) is 11.4 Å². The lowest BCUT2D eigenvalue weighted by Crippen LogP contribution is -1.96. The number of benzene rings is 9. The molecule has 0 aliphatic rings. The Morgan fingerprint density at radius 3 is 1.23 bits per heavy atom. The summed E-state index contributed by atoms with van der Waals surface area (Å²) in [6, 6.07) is 77.3. The van der Waals surface area contributed by atoms with Crippen LogP contribution in [0.25, 0.3) is 110 Å². The monoisotopic (exact) mass is 761 g/mol. The summed E-state index contributed by atoms with van der Waals surface area (Å²) in [6.45, 7) is 0. The minimum atomic E-state index is 0.593. The molecule has 0 fully saturated rings. The first-order valence-corrected chi connectivity index (χ1v) is 20.2. The molecule has 0 bridgehead atoms. The molecule has 0 aliphatic heterocycles. The molecular weight excluding hydrogens is 727 g/mol. The van der Waals surface area contributed by atoms with Gasteiger partial charge in [0.15, 0.2) is 5.82 Å². The van der Waals surface area contributed by atoms with Crippen molar-refractivity contribution in [3.05, 3.63) is 218 Å². The summed E-state index contributed by atoms with van der Waals surface area (Å²) >= 11 is 0. The van der Waals surface area contributed by atoms with Crippen molar-refractivity contribution in [3.8, 4) is 51.1 Å². The smallest absolute Gasteiger partial charge is 0.160 e. The van der Waals surface area contributed by atoms with E-state index >= 15 is 0 Å². The van der Waals surface area contributed by atoms with Crippen LogP contribution in [0.4, 0.5) is 0 Å². The molecule has 0 N–H and O–H groups in total. The molecule has 0 atom stereocenters.